The number of ether oxygens (including phenoxy) is 1. The summed E-state index contributed by atoms with van der Waals surface area (Å²) in [6, 6.07) is 3.59. The Labute approximate surface area is 148 Å². The highest BCUT2D eigenvalue weighted by Crippen LogP contribution is 2.40. The zero-order chi connectivity index (χ0) is 18.9. The van der Waals surface area contributed by atoms with Crippen LogP contribution in [0.4, 0.5) is 13.2 Å². The van der Waals surface area contributed by atoms with E-state index in [0.717, 1.165) is 5.56 Å². The zero-order valence-corrected chi connectivity index (χ0v) is 14.0. The van der Waals surface area contributed by atoms with Crippen LogP contribution in [-0.2, 0) is 16.0 Å². The molecule has 2 N–H and O–H groups in total. The number of carboxylic acid groups (broad SMARTS) is 1. The van der Waals surface area contributed by atoms with E-state index < -0.39 is 35.9 Å². The van der Waals surface area contributed by atoms with E-state index in [1.807, 2.05) is 0 Å². The van der Waals surface area contributed by atoms with Crippen molar-refractivity contribution in [1.29, 1.82) is 0 Å². The zero-order valence-electron chi connectivity index (χ0n) is 14.0. The SMILES string of the molecule is O=C(NC(C(=O)O)c1ccc2c(c1)CCO2)C1CCCC(C(F)(F)F)C1. The van der Waals surface area contributed by atoms with E-state index in [1.165, 1.54) is 0 Å². The van der Waals surface area contributed by atoms with Crippen LogP contribution in [-0.4, -0.2) is 29.8 Å². The molecule has 1 aliphatic heterocycles. The van der Waals surface area contributed by atoms with Gasteiger partial charge in [-0.3, -0.25) is 4.79 Å². The maximum atomic E-state index is 12.9. The first-order valence-electron chi connectivity index (χ1n) is 8.61. The van der Waals surface area contributed by atoms with Gasteiger partial charge >= 0.3 is 12.1 Å². The fourth-order valence-electron chi connectivity index (χ4n) is 3.66. The van der Waals surface area contributed by atoms with Crippen LogP contribution in [0.3, 0.4) is 0 Å². The lowest BCUT2D eigenvalue weighted by Crippen LogP contribution is -2.41. The first-order chi connectivity index (χ1) is 12.3. The van der Waals surface area contributed by atoms with Gasteiger partial charge in [0.25, 0.3) is 0 Å². The number of hydrogen-bond donors (Lipinski definition) is 2. The molecule has 0 bridgehead atoms. The first kappa shape index (κ1) is 18.5. The lowest BCUT2D eigenvalue weighted by Gasteiger charge is -2.30. The third-order valence-corrected chi connectivity index (χ3v) is 5.09. The second-order valence-corrected chi connectivity index (χ2v) is 6.85. The van der Waals surface area contributed by atoms with Gasteiger partial charge in [0.15, 0.2) is 6.04 Å². The van der Waals surface area contributed by atoms with E-state index >= 15 is 0 Å². The van der Waals surface area contributed by atoms with E-state index in [0.29, 0.717) is 37.2 Å². The summed E-state index contributed by atoms with van der Waals surface area (Å²) in [7, 11) is 0. The summed E-state index contributed by atoms with van der Waals surface area (Å²) in [4.78, 5) is 24.0. The van der Waals surface area contributed by atoms with Gasteiger partial charge in [-0.25, -0.2) is 4.79 Å². The summed E-state index contributed by atoms with van der Waals surface area (Å²) in [5, 5.41) is 11.9. The van der Waals surface area contributed by atoms with Gasteiger partial charge in [0, 0.05) is 12.3 Å². The molecule has 0 saturated heterocycles. The van der Waals surface area contributed by atoms with Gasteiger partial charge in [-0.1, -0.05) is 12.5 Å². The minimum Gasteiger partial charge on any atom is -0.493 e. The van der Waals surface area contributed by atoms with Crippen LogP contribution in [0.25, 0.3) is 0 Å². The van der Waals surface area contributed by atoms with E-state index in [9.17, 15) is 27.9 Å². The molecule has 1 fully saturated rings. The number of alkyl halides is 3. The van der Waals surface area contributed by atoms with Crippen LogP contribution in [0.15, 0.2) is 18.2 Å². The van der Waals surface area contributed by atoms with Crippen molar-refractivity contribution in [2.75, 3.05) is 6.61 Å². The summed E-state index contributed by atoms with van der Waals surface area (Å²) in [5.41, 5.74) is 1.25. The largest absolute Gasteiger partial charge is 0.493 e. The molecule has 3 unspecified atom stereocenters. The van der Waals surface area contributed by atoms with Crippen molar-refractivity contribution in [3.63, 3.8) is 0 Å². The number of halogens is 3. The Kier molecular flexibility index (Phi) is 5.11. The quantitative estimate of drug-likeness (QED) is 0.852. The van der Waals surface area contributed by atoms with Crippen LogP contribution in [0.5, 0.6) is 5.75 Å². The molecule has 3 rings (SSSR count). The fraction of sp³-hybridized carbons (Fsp3) is 0.556. The summed E-state index contributed by atoms with van der Waals surface area (Å²) in [6.45, 7) is 0.518. The molecule has 1 amide bonds. The summed E-state index contributed by atoms with van der Waals surface area (Å²) < 4.78 is 44.1. The number of rotatable bonds is 4. The fourth-order valence-corrected chi connectivity index (χ4v) is 3.66. The van der Waals surface area contributed by atoms with Gasteiger partial charge in [-0.2, -0.15) is 13.2 Å². The van der Waals surface area contributed by atoms with Crippen LogP contribution in [0, 0.1) is 11.8 Å². The molecule has 26 heavy (non-hydrogen) atoms. The smallest absolute Gasteiger partial charge is 0.391 e. The number of amides is 1. The van der Waals surface area contributed by atoms with Crippen LogP contribution in [0.2, 0.25) is 0 Å². The number of carbonyl (C=O) groups is 2. The van der Waals surface area contributed by atoms with Crippen molar-refractivity contribution in [3.05, 3.63) is 29.3 Å². The van der Waals surface area contributed by atoms with E-state index in [2.05, 4.69) is 5.32 Å². The average Bonchev–Trinajstić information content (AvgIpc) is 3.06. The Hall–Kier alpha value is -2.25. The minimum atomic E-state index is -4.33. The molecule has 142 valence electrons. The van der Waals surface area contributed by atoms with Gasteiger partial charge < -0.3 is 15.2 Å². The molecule has 5 nitrogen and oxygen atoms in total. The molecule has 2 aliphatic rings. The highest BCUT2D eigenvalue weighted by molar-refractivity contribution is 5.86. The Morgan fingerprint density at radius 1 is 1.27 bits per heavy atom. The highest BCUT2D eigenvalue weighted by Gasteiger charge is 2.44. The molecule has 1 aromatic rings. The molecular weight excluding hydrogens is 351 g/mol. The van der Waals surface area contributed by atoms with Crippen LogP contribution < -0.4 is 10.1 Å². The predicted octanol–water partition coefficient (Wildman–Crippen LogP) is 3.23. The third-order valence-electron chi connectivity index (χ3n) is 5.09. The number of carboxylic acids is 1. The van der Waals surface area contributed by atoms with E-state index in [-0.39, 0.29) is 12.8 Å². The molecule has 1 aliphatic carbocycles. The number of nitrogens with one attached hydrogen (secondary N) is 1. The van der Waals surface area contributed by atoms with Crippen molar-refractivity contribution in [2.45, 2.75) is 44.3 Å². The Morgan fingerprint density at radius 3 is 2.73 bits per heavy atom. The third kappa shape index (κ3) is 3.94. The monoisotopic (exact) mass is 371 g/mol. The predicted molar refractivity (Wildman–Crippen MR) is 85.7 cm³/mol. The van der Waals surface area contributed by atoms with Crippen molar-refractivity contribution >= 4 is 11.9 Å². The molecular formula is C18H20F3NO4. The minimum absolute atomic E-state index is 0.0143. The van der Waals surface area contributed by atoms with Gasteiger partial charge in [0.2, 0.25) is 5.91 Å². The molecule has 3 atom stereocenters. The van der Waals surface area contributed by atoms with Crippen LogP contribution >= 0.6 is 0 Å². The van der Waals surface area contributed by atoms with Gasteiger partial charge in [0.1, 0.15) is 5.75 Å². The molecule has 1 saturated carbocycles. The standard InChI is InChI=1S/C18H20F3NO4/c19-18(20,21)13-3-1-2-12(9-13)16(23)22-15(17(24)25)11-4-5-14-10(8-11)6-7-26-14/h4-5,8,12-13,15H,1-3,6-7,9H2,(H,22,23)(H,24,25). The second-order valence-electron chi connectivity index (χ2n) is 6.85. The topological polar surface area (TPSA) is 75.6 Å². The molecule has 1 heterocycles. The average molecular weight is 371 g/mol. The lowest BCUT2D eigenvalue weighted by molar-refractivity contribution is -0.186. The van der Waals surface area contributed by atoms with Crippen LogP contribution in [0.1, 0.15) is 42.9 Å². The molecule has 1 aromatic carbocycles. The summed E-state index contributed by atoms with van der Waals surface area (Å²) >= 11 is 0. The van der Waals surface area contributed by atoms with Crippen molar-refractivity contribution in [2.24, 2.45) is 11.8 Å². The van der Waals surface area contributed by atoms with Gasteiger partial charge in [-0.05, 0) is 42.5 Å². The summed E-state index contributed by atoms with van der Waals surface area (Å²) in [6.07, 6.45) is -3.32. The molecule has 8 heteroatoms. The van der Waals surface area contributed by atoms with Gasteiger partial charge in [0.05, 0.1) is 12.5 Å². The second kappa shape index (κ2) is 7.17. The maximum absolute atomic E-state index is 12.9. The summed E-state index contributed by atoms with van der Waals surface area (Å²) in [5.74, 6) is -3.53. The Bertz CT molecular complexity index is 704. The normalized spacial score (nSPS) is 23.7. The van der Waals surface area contributed by atoms with Crippen molar-refractivity contribution in [3.8, 4) is 5.75 Å². The van der Waals surface area contributed by atoms with Gasteiger partial charge in [-0.15, -0.1) is 0 Å². The first-order valence-corrected chi connectivity index (χ1v) is 8.61. The lowest BCUT2D eigenvalue weighted by atomic mass is 9.80. The highest BCUT2D eigenvalue weighted by atomic mass is 19.4. The number of aliphatic carboxylic acids is 1. The van der Waals surface area contributed by atoms with E-state index in [1.54, 1.807) is 18.2 Å². The number of fused-ring (bicyclic) bond motifs is 1. The molecule has 0 aromatic heterocycles. The van der Waals surface area contributed by atoms with Crippen molar-refractivity contribution in [1.82, 2.24) is 5.32 Å². The maximum Gasteiger partial charge on any atom is 0.391 e. The van der Waals surface area contributed by atoms with E-state index in [4.69, 9.17) is 4.74 Å². The number of carbonyl (C=O) groups excluding carboxylic acids is 1. The number of hydrogen-bond acceptors (Lipinski definition) is 3. The Morgan fingerprint density at radius 2 is 2.04 bits per heavy atom. The Balaban J connectivity index is 1.72. The molecule has 0 spiro atoms. The molecule has 0 radical (unpaired) electrons. The van der Waals surface area contributed by atoms with Crippen molar-refractivity contribution < 1.29 is 32.6 Å². The number of benzene rings is 1.